The normalized spacial score (nSPS) is 10.7. The van der Waals surface area contributed by atoms with E-state index in [0.717, 1.165) is 36.9 Å². The molecule has 0 unspecified atom stereocenters. The highest BCUT2D eigenvalue weighted by atomic mass is 19.1. The van der Waals surface area contributed by atoms with Crippen LogP contribution < -0.4 is 20.9 Å². The van der Waals surface area contributed by atoms with E-state index in [-0.39, 0.29) is 52.3 Å². The number of benzene rings is 1. The first-order chi connectivity index (χ1) is 18.3. The maximum atomic E-state index is 14.7. The molecule has 0 bridgehead atoms. The van der Waals surface area contributed by atoms with Gasteiger partial charge in [0.2, 0.25) is 0 Å². The van der Waals surface area contributed by atoms with Crippen molar-refractivity contribution in [3.63, 3.8) is 0 Å². The Morgan fingerprint density at radius 2 is 1.58 bits per heavy atom. The topological polar surface area (TPSA) is 123 Å². The number of nitrogens with one attached hydrogen (secondary N) is 3. The lowest BCUT2D eigenvalue weighted by atomic mass is 10.1. The third-order valence-corrected chi connectivity index (χ3v) is 4.90. The van der Waals surface area contributed by atoms with Crippen molar-refractivity contribution in [2.75, 3.05) is 24.4 Å². The van der Waals surface area contributed by atoms with Gasteiger partial charge in [-0.1, -0.05) is 0 Å². The summed E-state index contributed by atoms with van der Waals surface area (Å²) in [5, 5.41) is 5.49. The summed E-state index contributed by atoms with van der Waals surface area (Å²) in [6.07, 6.45) is 3.79. The van der Waals surface area contributed by atoms with E-state index in [2.05, 4.69) is 36.0 Å². The number of rotatable bonds is 9. The standard InChI is InChI=1S/C24H19F4N7O3/c1-3-38-35-24(36)16-11-29-20(34-23-17(28)5-13(26)8-32-23)7-18(16)33-19-6-12(25)4-15(21(19)37-2)22-30-9-14(27)10-31-22/h4-11H,3H2,1-2H3,(H,35,36)(H2,29,32,33,34). The van der Waals surface area contributed by atoms with E-state index in [1.165, 1.54) is 13.2 Å². The lowest BCUT2D eigenvalue weighted by Crippen LogP contribution is -2.24. The Morgan fingerprint density at radius 3 is 2.26 bits per heavy atom. The number of carbonyl (C=O) groups is 1. The van der Waals surface area contributed by atoms with E-state index < -0.39 is 29.2 Å². The smallest absolute Gasteiger partial charge is 0.278 e. The fourth-order valence-corrected chi connectivity index (χ4v) is 3.30. The molecule has 0 saturated heterocycles. The SMILES string of the molecule is CCONC(=O)c1cnc(Nc2ncc(F)cc2F)cc1Nc1cc(F)cc(-c2ncc(F)cn2)c1OC. The Hall–Kier alpha value is -4.85. The molecule has 196 valence electrons. The van der Waals surface area contributed by atoms with Gasteiger partial charge in [0, 0.05) is 24.4 Å². The van der Waals surface area contributed by atoms with Crippen molar-refractivity contribution in [2.45, 2.75) is 6.92 Å². The molecular formula is C24H19F4N7O3. The molecule has 10 nitrogen and oxygen atoms in total. The minimum absolute atomic E-state index is 0.0101. The van der Waals surface area contributed by atoms with Gasteiger partial charge in [-0.25, -0.2) is 43.0 Å². The van der Waals surface area contributed by atoms with E-state index in [0.29, 0.717) is 6.07 Å². The van der Waals surface area contributed by atoms with Crippen LogP contribution in [0.2, 0.25) is 0 Å². The molecule has 0 spiro atoms. The summed E-state index contributed by atoms with van der Waals surface area (Å²) in [6, 6.07) is 4.13. The number of anilines is 4. The summed E-state index contributed by atoms with van der Waals surface area (Å²) in [6.45, 7) is 1.83. The third-order valence-electron chi connectivity index (χ3n) is 4.90. The molecule has 3 aromatic heterocycles. The molecular weight excluding hydrogens is 510 g/mol. The Labute approximate surface area is 213 Å². The summed E-state index contributed by atoms with van der Waals surface area (Å²) >= 11 is 0. The number of methoxy groups -OCH3 is 1. The van der Waals surface area contributed by atoms with Crippen molar-refractivity contribution in [3.8, 4) is 17.1 Å². The number of hydrogen-bond acceptors (Lipinski definition) is 9. The van der Waals surface area contributed by atoms with E-state index >= 15 is 0 Å². The third kappa shape index (κ3) is 5.92. The molecule has 3 N–H and O–H groups in total. The number of aromatic nitrogens is 4. The van der Waals surface area contributed by atoms with Crippen LogP contribution in [0.5, 0.6) is 5.75 Å². The number of carbonyl (C=O) groups excluding carboxylic acids is 1. The maximum absolute atomic E-state index is 14.7. The van der Waals surface area contributed by atoms with Gasteiger partial charge in [0.15, 0.2) is 29.0 Å². The van der Waals surface area contributed by atoms with Crippen LogP contribution >= 0.6 is 0 Å². The number of halogens is 4. The van der Waals surface area contributed by atoms with Crippen LogP contribution in [0.25, 0.3) is 11.4 Å². The zero-order valence-electron chi connectivity index (χ0n) is 19.9. The van der Waals surface area contributed by atoms with Crippen LogP contribution in [0.3, 0.4) is 0 Å². The Balaban J connectivity index is 1.77. The first-order valence-corrected chi connectivity index (χ1v) is 10.9. The lowest BCUT2D eigenvalue weighted by molar-refractivity contribution is 0.0365. The molecule has 38 heavy (non-hydrogen) atoms. The van der Waals surface area contributed by atoms with E-state index in [1.54, 1.807) is 6.92 Å². The van der Waals surface area contributed by atoms with Crippen LogP contribution in [0, 0.1) is 23.3 Å². The molecule has 0 atom stereocenters. The predicted octanol–water partition coefficient (Wildman–Crippen LogP) is 4.67. The van der Waals surface area contributed by atoms with Gasteiger partial charge in [0.1, 0.15) is 17.5 Å². The molecule has 0 fully saturated rings. The summed E-state index contributed by atoms with van der Waals surface area (Å²) in [4.78, 5) is 33.1. The minimum atomic E-state index is -0.977. The van der Waals surface area contributed by atoms with Crippen molar-refractivity contribution in [3.05, 3.63) is 77.9 Å². The highest BCUT2D eigenvalue weighted by Gasteiger charge is 2.20. The molecule has 1 aromatic carbocycles. The summed E-state index contributed by atoms with van der Waals surface area (Å²) < 4.78 is 60.8. The first kappa shape index (κ1) is 26.2. The Bertz CT molecular complexity index is 1470. The van der Waals surface area contributed by atoms with Gasteiger partial charge in [-0.15, -0.1) is 0 Å². The average Bonchev–Trinajstić information content (AvgIpc) is 2.89. The van der Waals surface area contributed by atoms with Gasteiger partial charge >= 0.3 is 0 Å². The molecule has 4 aromatic rings. The molecule has 1 amide bonds. The van der Waals surface area contributed by atoms with Crippen LogP contribution in [-0.2, 0) is 4.84 Å². The first-order valence-electron chi connectivity index (χ1n) is 10.9. The molecule has 14 heteroatoms. The quantitative estimate of drug-likeness (QED) is 0.210. The van der Waals surface area contributed by atoms with E-state index in [1.807, 2.05) is 0 Å². The number of hydrogen-bond donors (Lipinski definition) is 3. The number of pyridine rings is 2. The highest BCUT2D eigenvalue weighted by Crippen LogP contribution is 2.38. The second-order valence-corrected chi connectivity index (χ2v) is 7.47. The van der Waals surface area contributed by atoms with Crippen LogP contribution in [0.15, 0.2) is 49.1 Å². The fourth-order valence-electron chi connectivity index (χ4n) is 3.30. The van der Waals surface area contributed by atoms with Crippen LogP contribution in [0.4, 0.5) is 40.6 Å². The van der Waals surface area contributed by atoms with Crippen LogP contribution in [0.1, 0.15) is 17.3 Å². The Morgan fingerprint density at radius 1 is 0.842 bits per heavy atom. The van der Waals surface area contributed by atoms with Gasteiger partial charge in [-0.3, -0.25) is 9.63 Å². The van der Waals surface area contributed by atoms with Crippen LogP contribution in [-0.4, -0.2) is 39.6 Å². The second-order valence-electron chi connectivity index (χ2n) is 7.47. The van der Waals surface area contributed by atoms with Gasteiger partial charge < -0.3 is 15.4 Å². The zero-order valence-corrected chi connectivity index (χ0v) is 19.9. The van der Waals surface area contributed by atoms with Crippen molar-refractivity contribution in [2.24, 2.45) is 0 Å². The van der Waals surface area contributed by atoms with Crippen molar-refractivity contribution in [1.82, 2.24) is 25.4 Å². The van der Waals surface area contributed by atoms with Gasteiger partial charge in [0.25, 0.3) is 5.91 Å². The molecule has 0 saturated carbocycles. The molecule has 0 radical (unpaired) electrons. The fraction of sp³-hybridized carbons (Fsp3) is 0.125. The average molecular weight is 529 g/mol. The zero-order chi connectivity index (χ0) is 27.2. The van der Waals surface area contributed by atoms with E-state index in [9.17, 15) is 22.4 Å². The van der Waals surface area contributed by atoms with Crippen molar-refractivity contribution < 1.29 is 31.9 Å². The summed E-state index contributed by atoms with van der Waals surface area (Å²) in [7, 11) is 1.32. The van der Waals surface area contributed by atoms with Gasteiger partial charge in [-0.2, -0.15) is 0 Å². The predicted molar refractivity (Wildman–Crippen MR) is 128 cm³/mol. The van der Waals surface area contributed by atoms with Gasteiger partial charge in [-0.05, 0) is 13.0 Å². The van der Waals surface area contributed by atoms with E-state index in [4.69, 9.17) is 9.57 Å². The lowest BCUT2D eigenvalue weighted by Gasteiger charge is -2.18. The monoisotopic (exact) mass is 529 g/mol. The largest absolute Gasteiger partial charge is 0.494 e. The summed E-state index contributed by atoms with van der Waals surface area (Å²) in [5.74, 6) is -4.20. The number of hydroxylamine groups is 1. The number of nitrogens with zero attached hydrogens (tertiary/aromatic N) is 4. The molecule has 3 heterocycles. The van der Waals surface area contributed by atoms with Crippen molar-refractivity contribution in [1.29, 1.82) is 0 Å². The molecule has 4 rings (SSSR count). The number of ether oxygens (including phenoxy) is 1. The molecule has 0 aliphatic carbocycles. The summed E-state index contributed by atoms with van der Waals surface area (Å²) in [5.41, 5.74) is 2.40. The number of amides is 1. The van der Waals surface area contributed by atoms with Gasteiger partial charge in [0.05, 0.1) is 54.8 Å². The molecule has 0 aliphatic rings. The highest BCUT2D eigenvalue weighted by molar-refractivity contribution is 6.00. The Kier molecular flexibility index (Phi) is 7.91. The van der Waals surface area contributed by atoms with Crippen molar-refractivity contribution >= 4 is 28.9 Å². The second kappa shape index (κ2) is 11.5. The minimum Gasteiger partial charge on any atom is -0.494 e. The molecule has 0 aliphatic heterocycles. The maximum Gasteiger partial charge on any atom is 0.278 e.